The number of hydrogen-bond acceptors (Lipinski definition) is 5. The number of aldehydes is 1. The minimum atomic E-state index is -0.850. The van der Waals surface area contributed by atoms with E-state index in [0.717, 1.165) is 6.07 Å². The third-order valence-electron chi connectivity index (χ3n) is 3.00. The Kier molecular flexibility index (Phi) is 6.64. The Morgan fingerprint density at radius 2 is 2.04 bits per heavy atom. The summed E-state index contributed by atoms with van der Waals surface area (Å²) >= 11 is 1.84. The Labute approximate surface area is 151 Å². The molecule has 0 unspecified atom stereocenters. The van der Waals surface area contributed by atoms with Crippen molar-refractivity contribution in [2.45, 2.75) is 0 Å². The summed E-state index contributed by atoms with van der Waals surface area (Å²) in [5.74, 6) is -1.66. The third kappa shape index (κ3) is 4.28. The molecule has 0 fully saturated rings. The molecule has 0 heterocycles. The van der Waals surface area contributed by atoms with E-state index in [1.54, 1.807) is 24.3 Å². The van der Waals surface area contributed by atoms with Gasteiger partial charge in [-0.05, 0) is 40.8 Å². The zero-order valence-electron chi connectivity index (χ0n) is 12.4. The first kappa shape index (κ1) is 18.3. The van der Waals surface area contributed by atoms with Gasteiger partial charge in [0.2, 0.25) is 0 Å². The standard InChI is InChI=1S/C16H14FIN2O4/c17-13-12(16(23)20-24-7-6-21)8-10(9-22)14(18)15(13)19-11-4-2-1-3-5-11/h1-5,8-9,19,21H,6-7H2,(H,20,23). The number of carbonyl (C=O) groups is 2. The highest BCUT2D eigenvalue weighted by Gasteiger charge is 2.21. The molecule has 1 amide bonds. The molecule has 2 rings (SSSR count). The van der Waals surface area contributed by atoms with Gasteiger partial charge in [0.25, 0.3) is 5.91 Å². The Hall–Kier alpha value is -2.04. The van der Waals surface area contributed by atoms with E-state index in [0.29, 0.717) is 15.5 Å². The van der Waals surface area contributed by atoms with Gasteiger partial charge >= 0.3 is 0 Å². The van der Waals surface area contributed by atoms with Gasteiger partial charge in [-0.25, -0.2) is 9.87 Å². The van der Waals surface area contributed by atoms with Crippen LogP contribution >= 0.6 is 22.6 Å². The number of rotatable bonds is 7. The molecular weight excluding hydrogens is 430 g/mol. The lowest BCUT2D eigenvalue weighted by molar-refractivity contribution is 0.0165. The van der Waals surface area contributed by atoms with Gasteiger partial charge in [-0.3, -0.25) is 14.4 Å². The first-order valence-corrected chi connectivity index (χ1v) is 7.98. The quantitative estimate of drug-likeness (QED) is 0.265. The molecule has 0 aliphatic rings. The van der Waals surface area contributed by atoms with Gasteiger partial charge in [-0.1, -0.05) is 18.2 Å². The second-order valence-corrected chi connectivity index (χ2v) is 5.71. The fourth-order valence-corrected chi connectivity index (χ4v) is 2.56. The van der Waals surface area contributed by atoms with Crippen molar-refractivity contribution in [3.05, 3.63) is 56.9 Å². The molecule has 3 N–H and O–H groups in total. The van der Waals surface area contributed by atoms with Gasteiger partial charge in [0.05, 0.1) is 28.0 Å². The van der Waals surface area contributed by atoms with E-state index < -0.39 is 11.7 Å². The summed E-state index contributed by atoms with van der Waals surface area (Å²) in [6, 6.07) is 9.96. The van der Waals surface area contributed by atoms with E-state index in [1.165, 1.54) is 0 Å². The van der Waals surface area contributed by atoms with Crippen LogP contribution < -0.4 is 10.8 Å². The highest BCUT2D eigenvalue weighted by Crippen LogP contribution is 2.30. The largest absolute Gasteiger partial charge is 0.394 e. The average molecular weight is 444 g/mol. The molecule has 8 heteroatoms. The van der Waals surface area contributed by atoms with Crippen LogP contribution in [0.5, 0.6) is 0 Å². The van der Waals surface area contributed by atoms with E-state index >= 15 is 0 Å². The van der Waals surface area contributed by atoms with Gasteiger partial charge in [0.15, 0.2) is 12.1 Å². The predicted octanol–water partition coefficient (Wildman–Crippen LogP) is 2.64. The molecule has 2 aromatic rings. The molecule has 0 saturated heterocycles. The smallest absolute Gasteiger partial charge is 0.277 e. The molecule has 2 aromatic carbocycles. The van der Waals surface area contributed by atoms with Crippen molar-refractivity contribution in [2.75, 3.05) is 18.5 Å². The maximum atomic E-state index is 14.7. The van der Waals surface area contributed by atoms with Crippen LogP contribution in [0.2, 0.25) is 0 Å². The number of nitrogens with one attached hydrogen (secondary N) is 2. The number of carbonyl (C=O) groups excluding carboxylic acids is 2. The molecule has 0 aliphatic carbocycles. The lowest BCUT2D eigenvalue weighted by Crippen LogP contribution is -2.26. The van der Waals surface area contributed by atoms with Gasteiger partial charge in [0.1, 0.15) is 0 Å². The second-order valence-electron chi connectivity index (χ2n) is 4.63. The van der Waals surface area contributed by atoms with Gasteiger partial charge in [0, 0.05) is 11.3 Å². The lowest BCUT2D eigenvalue weighted by Gasteiger charge is -2.14. The van der Waals surface area contributed by atoms with E-state index in [4.69, 9.17) is 5.11 Å². The van der Waals surface area contributed by atoms with E-state index in [9.17, 15) is 14.0 Å². The van der Waals surface area contributed by atoms with Crippen LogP contribution in [0.25, 0.3) is 0 Å². The van der Waals surface area contributed by atoms with Crippen molar-refractivity contribution in [1.29, 1.82) is 0 Å². The molecule has 0 atom stereocenters. The van der Waals surface area contributed by atoms with Crippen LogP contribution in [-0.4, -0.2) is 30.5 Å². The fraction of sp³-hybridized carbons (Fsp3) is 0.125. The zero-order chi connectivity index (χ0) is 17.5. The monoisotopic (exact) mass is 444 g/mol. The summed E-state index contributed by atoms with van der Waals surface area (Å²) in [6.45, 7) is -0.427. The number of amides is 1. The Bertz CT molecular complexity index is 741. The molecule has 0 spiro atoms. The van der Waals surface area contributed by atoms with E-state index in [-0.39, 0.29) is 30.0 Å². The van der Waals surface area contributed by atoms with Crippen LogP contribution in [0.3, 0.4) is 0 Å². The topological polar surface area (TPSA) is 87.7 Å². The number of hydroxylamine groups is 1. The number of aliphatic hydroxyl groups is 1. The van der Waals surface area contributed by atoms with Crippen molar-refractivity contribution >= 4 is 46.2 Å². The molecule has 0 aliphatic heterocycles. The van der Waals surface area contributed by atoms with Crippen LogP contribution in [0.15, 0.2) is 36.4 Å². The number of para-hydroxylation sites is 1. The molecule has 6 nitrogen and oxygen atoms in total. The Morgan fingerprint density at radius 3 is 2.67 bits per heavy atom. The highest BCUT2D eigenvalue weighted by atomic mass is 127. The number of halogens is 2. The minimum absolute atomic E-state index is 0.0266. The highest BCUT2D eigenvalue weighted by molar-refractivity contribution is 14.1. The summed E-state index contributed by atoms with van der Waals surface area (Å²) in [7, 11) is 0. The normalized spacial score (nSPS) is 10.3. The van der Waals surface area contributed by atoms with Crippen LogP contribution in [-0.2, 0) is 4.84 Å². The van der Waals surface area contributed by atoms with Crippen LogP contribution in [0.1, 0.15) is 20.7 Å². The molecular formula is C16H14FIN2O4. The first-order valence-electron chi connectivity index (χ1n) is 6.90. The Balaban J connectivity index is 2.40. The number of aliphatic hydroxyl groups excluding tert-OH is 1. The van der Waals surface area contributed by atoms with E-state index in [1.807, 2.05) is 34.1 Å². The molecule has 0 radical (unpaired) electrons. The van der Waals surface area contributed by atoms with E-state index in [2.05, 4.69) is 10.2 Å². The predicted molar refractivity (Wildman–Crippen MR) is 94.7 cm³/mol. The maximum absolute atomic E-state index is 14.7. The SMILES string of the molecule is O=Cc1cc(C(=O)NOCCO)c(F)c(Nc2ccccc2)c1I. The molecule has 0 aromatic heterocycles. The average Bonchev–Trinajstić information content (AvgIpc) is 2.60. The summed E-state index contributed by atoms with van der Waals surface area (Å²) in [5, 5.41) is 11.5. The Morgan fingerprint density at radius 1 is 1.33 bits per heavy atom. The molecule has 0 saturated carbocycles. The number of anilines is 2. The van der Waals surface area contributed by atoms with Crippen molar-refractivity contribution in [1.82, 2.24) is 5.48 Å². The zero-order valence-corrected chi connectivity index (χ0v) is 14.5. The van der Waals surface area contributed by atoms with Crippen molar-refractivity contribution in [3.8, 4) is 0 Å². The van der Waals surface area contributed by atoms with Gasteiger partial charge in [-0.2, -0.15) is 0 Å². The molecule has 24 heavy (non-hydrogen) atoms. The van der Waals surface area contributed by atoms with Crippen molar-refractivity contribution < 1.29 is 23.9 Å². The fourth-order valence-electron chi connectivity index (χ4n) is 1.90. The minimum Gasteiger partial charge on any atom is -0.394 e. The van der Waals surface area contributed by atoms with Crippen molar-refractivity contribution in [3.63, 3.8) is 0 Å². The van der Waals surface area contributed by atoms with Gasteiger partial charge in [-0.15, -0.1) is 0 Å². The summed E-state index contributed by atoms with van der Waals surface area (Å²) in [5.41, 5.74) is 2.49. The molecule has 126 valence electrons. The van der Waals surface area contributed by atoms with Crippen LogP contribution in [0, 0.1) is 9.39 Å². The summed E-state index contributed by atoms with van der Waals surface area (Å²) < 4.78 is 15.1. The maximum Gasteiger partial charge on any atom is 0.277 e. The third-order valence-corrected chi connectivity index (χ3v) is 4.16. The number of benzene rings is 2. The van der Waals surface area contributed by atoms with Crippen molar-refractivity contribution in [2.24, 2.45) is 0 Å². The molecule has 0 bridgehead atoms. The lowest BCUT2D eigenvalue weighted by atomic mass is 10.1. The second kappa shape index (κ2) is 8.71. The van der Waals surface area contributed by atoms with Crippen LogP contribution in [0.4, 0.5) is 15.8 Å². The summed E-state index contributed by atoms with van der Waals surface area (Å²) in [4.78, 5) is 27.9. The first-order chi connectivity index (χ1) is 11.6. The summed E-state index contributed by atoms with van der Waals surface area (Å²) in [6.07, 6.45) is 0.544. The van der Waals surface area contributed by atoms with Gasteiger partial charge < -0.3 is 10.4 Å². The number of hydrogen-bond donors (Lipinski definition) is 3.